The molecule has 2 aromatic heterocycles. The Labute approximate surface area is 119 Å². The molecular formula is C14H11FN4S. The van der Waals surface area contributed by atoms with Crippen LogP contribution in [-0.2, 0) is 5.75 Å². The Balaban J connectivity index is 1.67. The molecule has 0 unspecified atom stereocenters. The van der Waals surface area contributed by atoms with Crippen LogP contribution in [0.5, 0.6) is 0 Å². The summed E-state index contributed by atoms with van der Waals surface area (Å²) in [6.07, 6.45) is 1.71. The van der Waals surface area contributed by atoms with Gasteiger partial charge in [-0.25, -0.2) is 4.39 Å². The molecule has 0 bridgehead atoms. The number of H-pyrrole nitrogens is 1. The first-order chi connectivity index (χ1) is 9.81. The van der Waals surface area contributed by atoms with E-state index >= 15 is 0 Å². The lowest BCUT2D eigenvalue weighted by Gasteiger charge is -1.97. The molecule has 0 saturated heterocycles. The van der Waals surface area contributed by atoms with Crippen LogP contribution in [0.25, 0.3) is 11.5 Å². The topological polar surface area (TPSA) is 54.5 Å². The fourth-order valence-electron chi connectivity index (χ4n) is 1.66. The molecule has 4 nitrogen and oxygen atoms in total. The lowest BCUT2D eigenvalue weighted by Crippen LogP contribution is -1.84. The van der Waals surface area contributed by atoms with Crippen molar-refractivity contribution in [3.63, 3.8) is 0 Å². The molecule has 0 radical (unpaired) electrons. The minimum absolute atomic E-state index is 0.228. The second-order valence-corrected chi connectivity index (χ2v) is 5.04. The summed E-state index contributed by atoms with van der Waals surface area (Å²) in [7, 11) is 0. The van der Waals surface area contributed by atoms with E-state index in [0.29, 0.717) is 16.7 Å². The molecule has 0 fully saturated rings. The highest BCUT2D eigenvalue weighted by atomic mass is 32.2. The molecule has 1 aromatic carbocycles. The van der Waals surface area contributed by atoms with Crippen molar-refractivity contribution in [2.75, 3.05) is 0 Å². The maximum Gasteiger partial charge on any atom is 0.209 e. The molecule has 3 rings (SSSR count). The van der Waals surface area contributed by atoms with E-state index in [1.807, 2.05) is 18.2 Å². The van der Waals surface area contributed by atoms with Gasteiger partial charge in [-0.15, -0.1) is 5.10 Å². The van der Waals surface area contributed by atoms with Crippen molar-refractivity contribution in [3.8, 4) is 11.5 Å². The zero-order valence-electron chi connectivity index (χ0n) is 10.5. The summed E-state index contributed by atoms with van der Waals surface area (Å²) in [5.74, 6) is 1.11. The molecule has 3 aromatic rings. The van der Waals surface area contributed by atoms with Crippen LogP contribution in [0.15, 0.2) is 53.8 Å². The van der Waals surface area contributed by atoms with Gasteiger partial charge in [0.2, 0.25) is 5.16 Å². The van der Waals surface area contributed by atoms with E-state index < -0.39 is 0 Å². The molecule has 0 aliphatic heterocycles. The lowest BCUT2D eigenvalue weighted by molar-refractivity contribution is 0.627. The Kier molecular flexibility index (Phi) is 3.73. The average molecular weight is 286 g/mol. The number of nitrogens with zero attached hydrogens (tertiary/aromatic N) is 3. The maximum atomic E-state index is 12.8. The van der Waals surface area contributed by atoms with E-state index in [9.17, 15) is 4.39 Å². The lowest BCUT2D eigenvalue weighted by atomic mass is 10.2. The Morgan fingerprint density at radius 1 is 1.10 bits per heavy atom. The van der Waals surface area contributed by atoms with Gasteiger partial charge in [0.15, 0.2) is 5.82 Å². The zero-order chi connectivity index (χ0) is 13.8. The van der Waals surface area contributed by atoms with E-state index in [0.717, 1.165) is 11.3 Å². The minimum atomic E-state index is -0.228. The number of pyridine rings is 1. The second-order valence-electron chi connectivity index (χ2n) is 4.10. The van der Waals surface area contributed by atoms with Crippen molar-refractivity contribution in [2.24, 2.45) is 0 Å². The van der Waals surface area contributed by atoms with Gasteiger partial charge in [0.1, 0.15) is 11.5 Å². The van der Waals surface area contributed by atoms with Gasteiger partial charge < -0.3 is 0 Å². The second kappa shape index (κ2) is 5.83. The van der Waals surface area contributed by atoms with Gasteiger partial charge in [0.25, 0.3) is 0 Å². The van der Waals surface area contributed by atoms with Gasteiger partial charge in [-0.1, -0.05) is 30.0 Å². The molecule has 0 atom stereocenters. The number of thioether (sulfide) groups is 1. The van der Waals surface area contributed by atoms with Crippen LogP contribution in [0.2, 0.25) is 0 Å². The molecule has 6 heteroatoms. The van der Waals surface area contributed by atoms with Gasteiger partial charge in [-0.2, -0.15) is 4.98 Å². The van der Waals surface area contributed by atoms with E-state index in [-0.39, 0.29) is 5.82 Å². The number of hydrogen-bond acceptors (Lipinski definition) is 4. The minimum Gasteiger partial charge on any atom is -0.257 e. The number of benzene rings is 1. The van der Waals surface area contributed by atoms with E-state index in [2.05, 4.69) is 20.2 Å². The molecule has 2 heterocycles. The quantitative estimate of drug-likeness (QED) is 0.748. The van der Waals surface area contributed by atoms with Crippen LogP contribution >= 0.6 is 11.8 Å². The fraction of sp³-hybridized carbons (Fsp3) is 0.0714. The zero-order valence-corrected chi connectivity index (χ0v) is 11.3. The summed E-state index contributed by atoms with van der Waals surface area (Å²) < 4.78 is 12.8. The van der Waals surface area contributed by atoms with E-state index in [4.69, 9.17) is 0 Å². The van der Waals surface area contributed by atoms with Crippen LogP contribution in [0, 0.1) is 5.82 Å². The normalized spacial score (nSPS) is 10.7. The summed E-state index contributed by atoms with van der Waals surface area (Å²) in [4.78, 5) is 8.58. The third-order valence-corrected chi connectivity index (χ3v) is 3.57. The monoisotopic (exact) mass is 286 g/mol. The molecule has 20 heavy (non-hydrogen) atoms. The van der Waals surface area contributed by atoms with Crippen molar-refractivity contribution in [2.45, 2.75) is 10.9 Å². The molecule has 0 aliphatic rings. The van der Waals surface area contributed by atoms with Crippen LogP contribution in [0.4, 0.5) is 4.39 Å². The third kappa shape index (κ3) is 3.03. The van der Waals surface area contributed by atoms with Gasteiger partial charge in [-0.05, 0) is 29.8 Å². The third-order valence-electron chi connectivity index (χ3n) is 2.65. The average Bonchev–Trinajstić information content (AvgIpc) is 2.97. The summed E-state index contributed by atoms with van der Waals surface area (Å²) in [6, 6.07) is 12.0. The first-order valence-electron chi connectivity index (χ1n) is 6.02. The Morgan fingerprint density at radius 3 is 2.70 bits per heavy atom. The van der Waals surface area contributed by atoms with Gasteiger partial charge in [0, 0.05) is 11.9 Å². The molecular weight excluding hydrogens is 275 g/mol. The molecule has 0 saturated carbocycles. The van der Waals surface area contributed by atoms with Crippen LogP contribution in [-0.4, -0.2) is 20.2 Å². The van der Waals surface area contributed by atoms with E-state index in [1.165, 1.54) is 23.9 Å². The van der Waals surface area contributed by atoms with Crippen molar-refractivity contribution < 1.29 is 4.39 Å². The molecule has 1 N–H and O–H groups in total. The Morgan fingerprint density at radius 2 is 1.95 bits per heavy atom. The predicted octanol–water partition coefficient (Wildman–Crippen LogP) is 3.30. The number of halogens is 1. The number of rotatable bonds is 4. The standard InChI is InChI=1S/C14H11FN4S/c15-11-6-4-10(5-7-11)9-20-14-17-13(18-19-14)12-3-1-2-8-16-12/h1-8H,9H2,(H,17,18,19). The van der Waals surface area contributed by atoms with Crippen molar-refractivity contribution in [3.05, 3.63) is 60.0 Å². The van der Waals surface area contributed by atoms with E-state index in [1.54, 1.807) is 18.3 Å². The number of aromatic amines is 1. The van der Waals surface area contributed by atoms with Crippen LogP contribution in [0.1, 0.15) is 5.56 Å². The van der Waals surface area contributed by atoms with Gasteiger partial charge in [0.05, 0.1) is 0 Å². The summed E-state index contributed by atoms with van der Waals surface area (Å²) in [5, 5.41) is 7.65. The van der Waals surface area contributed by atoms with Crippen molar-refractivity contribution >= 4 is 11.8 Å². The fourth-order valence-corrected chi connectivity index (χ4v) is 2.41. The first-order valence-corrected chi connectivity index (χ1v) is 7.01. The Hall–Kier alpha value is -2.21. The molecule has 0 spiro atoms. The highest BCUT2D eigenvalue weighted by molar-refractivity contribution is 7.98. The maximum absolute atomic E-state index is 12.8. The molecule has 100 valence electrons. The molecule has 0 aliphatic carbocycles. The summed E-state index contributed by atoms with van der Waals surface area (Å²) in [6.45, 7) is 0. The number of nitrogens with one attached hydrogen (secondary N) is 1. The number of aromatic nitrogens is 4. The predicted molar refractivity (Wildman–Crippen MR) is 75.6 cm³/mol. The SMILES string of the molecule is Fc1ccc(CSc2n[nH]c(-c3ccccn3)n2)cc1. The van der Waals surface area contributed by atoms with Crippen LogP contribution < -0.4 is 0 Å². The van der Waals surface area contributed by atoms with Crippen LogP contribution in [0.3, 0.4) is 0 Å². The summed E-state index contributed by atoms with van der Waals surface area (Å²) >= 11 is 1.49. The Bertz CT molecular complexity index is 682. The first kappa shape index (κ1) is 12.8. The summed E-state index contributed by atoms with van der Waals surface area (Å²) in [5.41, 5.74) is 1.79. The molecule has 0 amide bonds. The highest BCUT2D eigenvalue weighted by Gasteiger charge is 2.07. The highest BCUT2D eigenvalue weighted by Crippen LogP contribution is 2.21. The smallest absolute Gasteiger partial charge is 0.209 e. The van der Waals surface area contributed by atoms with Crippen molar-refractivity contribution in [1.82, 2.24) is 20.2 Å². The van der Waals surface area contributed by atoms with Gasteiger partial charge in [-0.3, -0.25) is 10.1 Å². The largest absolute Gasteiger partial charge is 0.257 e. The number of hydrogen-bond donors (Lipinski definition) is 1. The van der Waals surface area contributed by atoms with Gasteiger partial charge >= 0.3 is 0 Å². The van der Waals surface area contributed by atoms with Crippen molar-refractivity contribution in [1.29, 1.82) is 0 Å².